The van der Waals surface area contributed by atoms with Gasteiger partial charge in [-0.05, 0) is 37.3 Å². The highest BCUT2D eigenvalue weighted by Crippen LogP contribution is 2.49. The van der Waals surface area contributed by atoms with E-state index in [4.69, 9.17) is 5.73 Å². The van der Waals surface area contributed by atoms with Gasteiger partial charge < -0.3 is 15.6 Å². The van der Waals surface area contributed by atoms with E-state index in [9.17, 15) is 18.4 Å². The lowest BCUT2D eigenvalue weighted by Gasteiger charge is -2.27. The Bertz CT molecular complexity index is 1750. The first kappa shape index (κ1) is 23.7. The lowest BCUT2D eigenvalue weighted by Crippen LogP contribution is -2.50. The molecule has 1 aliphatic rings. The number of carbonyl (C=O) groups is 2. The lowest BCUT2D eigenvalue weighted by molar-refractivity contribution is -0.180. The second-order valence-electron chi connectivity index (χ2n) is 9.14. The summed E-state index contributed by atoms with van der Waals surface area (Å²) in [5.41, 5.74) is 7.55. The summed E-state index contributed by atoms with van der Waals surface area (Å²) in [6.45, 7) is 0.293. The SMILES string of the molecule is Cc1nc2ccc(-n3ncc(N4CC(F)(F)C(F)(F)C4C(=O)c4cc5ccccc5n4C=O)c3N)cc2[nH]1. The van der Waals surface area contributed by atoms with Crippen molar-refractivity contribution in [2.45, 2.75) is 24.8 Å². The summed E-state index contributed by atoms with van der Waals surface area (Å²) >= 11 is 0. The second-order valence-corrected chi connectivity index (χ2v) is 9.14. The number of para-hydroxylation sites is 1. The van der Waals surface area contributed by atoms with Crippen LogP contribution in [0.5, 0.6) is 0 Å². The molecule has 1 aliphatic heterocycles. The van der Waals surface area contributed by atoms with Gasteiger partial charge in [0.25, 0.3) is 0 Å². The van der Waals surface area contributed by atoms with Crippen LogP contribution >= 0.6 is 0 Å². The van der Waals surface area contributed by atoms with Crippen LogP contribution in [0.15, 0.2) is 54.7 Å². The molecular weight excluding hydrogens is 506 g/mol. The van der Waals surface area contributed by atoms with Crippen LogP contribution in [-0.2, 0) is 4.79 Å². The van der Waals surface area contributed by atoms with Crippen molar-refractivity contribution in [3.05, 3.63) is 66.2 Å². The van der Waals surface area contributed by atoms with Gasteiger partial charge in [-0.1, -0.05) is 18.2 Å². The van der Waals surface area contributed by atoms with Gasteiger partial charge in [-0.15, -0.1) is 0 Å². The van der Waals surface area contributed by atoms with Crippen molar-refractivity contribution in [3.63, 3.8) is 0 Å². The third-order valence-electron chi connectivity index (χ3n) is 6.79. The van der Waals surface area contributed by atoms with Gasteiger partial charge in [0.15, 0.2) is 11.9 Å². The van der Waals surface area contributed by atoms with E-state index in [1.807, 2.05) is 0 Å². The minimum Gasteiger partial charge on any atom is -0.382 e. The number of hydrogen-bond acceptors (Lipinski definition) is 6. The number of rotatable bonds is 5. The maximum Gasteiger partial charge on any atom is 0.339 e. The number of aryl methyl sites for hydroxylation is 1. The smallest absolute Gasteiger partial charge is 0.339 e. The number of nitrogens with two attached hydrogens (primary N) is 1. The van der Waals surface area contributed by atoms with E-state index >= 15 is 8.78 Å². The maximum atomic E-state index is 15.2. The minimum atomic E-state index is -4.77. The number of anilines is 2. The Morgan fingerprint density at radius 2 is 1.92 bits per heavy atom. The molecule has 9 nitrogen and oxygen atoms in total. The van der Waals surface area contributed by atoms with Gasteiger partial charge >= 0.3 is 11.8 Å². The van der Waals surface area contributed by atoms with Gasteiger partial charge in [0.2, 0.25) is 12.2 Å². The third kappa shape index (κ3) is 3.24. The van der Waals surface area contributed by atoms with Crippen molar-refractivity contribution in [1.29, 1.82) is 0 Å². The number of fused-ring (bicyclic) bond motifs is 2. The van der Waals surface area contributed by atoms with Crippen LogP contribution < -0.4 is 10.6 Å². The molecule has 0 saturated carbocycles. The number of aromatic amines is 1. The van der Waals surface area contributed by atoms with Crippen molar-refractivity contribution in [2.75, 3.05) is 17.2 Å². The third-order valence-corrected chi connectivity index (χ3v) is 6.79. The van der Waals surface area contributed by atoms with Crippen molar-refractivity contribution < 1.29 is 27.2 Å². The number of nitrogens with zero attached hydrogens (tertiary/aromatic N) is 5. The summed E-state index contributed by atoms with van der Waals surface area (Å²) < 4.78 is 61.9. The Labute approximate surface area is 211 Å². The number of carbonyl (C=O) groups excluding carboxylic acids is 2. The zero-order chi connectivity index (χ0) is 27.0. The van der Waals surface area contributed by atoms with Crippen LogP contribution in [0, 0.1) is 6.92 Å². The molecule has 0 amide bonds. The van der Waals surface area contributed by atoms with Crippen LogP contribution in [0.2, 0.25) is 0 Å². The Hall–Kier alpha value is -4.68. The molecule has 1 saturated heterocycles. The predicted molar refractivity (Wildman–Crippen MR) is 132 cm³/mol. The molecule has 1 unspecified atom stereocenters. The predicted octanol–water partition coefficient (Wildman–Crippen LogP) is 3.97. The fraction of sp³-hybridized carbons (Fsp3) is 0.200. The molecule has 0 radical (unpaired) electrons. The highest BCUT2D eigenvalue weighted by Gasteiger charge is 2.71. The van der Waals surface area contributed by atoms with Gasteiger partial charge in [-0.25, -0.2) is 9.67 Å². The topological polar surface area (TPSA) is 115 Å². The molecule has 13 heteroatoms. The average Bonchev–Trinajstić information content (AvgIpc) is 3.59. The number of hydrogen-bond donors (Lipinski definition) is 2. The summed E-state index contributed by atoms with van der Waals surface area (Å²) in [6, 6.07) is 9.90. The van der Waals surface area contributed by atoms with Crippen LogP contribution in [0.4, 0.5) is 29.1 Å². The average molecular weight is 525 g/mol. The largest absolute Gasteiger partial charge is 0.382 e. The maximum absolute atomic E-state index is 15.2. The molecule has 5 aromatic rings. The number of ketones is 1. The fourth-order valence-electron chi connectivity index (χ4n) is 4.99. The molecule has 1 fully saturated rings. The van der Waals surface area contributed by atoms with Gasteiger partial charge in [0.1, 0.15) is 11.5 Å². The van der Waals surface area contributed by atoms with Crippen molar-refractivity contribution in [3.8, 4) is 5.69 Å². The van der Waals surface area contributed by atoms with E-state index in [0.29, 0.717) is 32.8 Å². The number of alkyl halides is 4. The Morgan fingerprint density at radius 1 is 1.16 bits per heavy atom. The van der Waals surface area contributed by atoms with E-state index in [-0.39, 0.29) is 23.4 Å². The molecule has 3 N–H and O–H groups in total. The molecule has 0 spiro atoms. The van der Waals surface area contributed by atoms with Crippen LogP contribution in [0.3, 0.4) is 0 Å². The van der Waals surface area contributed by atoms with E-state index in [0.717, 1.165) is 10.8 Å². The molecule has 6 rings (SSSR count). The quantitative estimate of drug-likeness (QED) is 0.204. The standard InChI is InChI=1S/C25H19F4N7O2/c1-13-32-16-7-6-15(9-17(16)33-13)36-23(30)20(10-31-36)34-11-24(26,27)25(28,29)22(34)21(38)19-8-14-4-2-3-5-18(14)35(19)12-37/h2-10,12,22H,11,30H2,1H3,(H,32,33). The van der Waals surface area contributed by atoms with Gasteiger partial charge in [-0.3, -0.25) is 14.2 Å². The normalized spacial score (nSPS) is 18.4. The van der Waals surface area contributed by atoms with Crippen LogP contribution in [0.1, 0.15) is 16.3 Å². The molecule has 4 heterocycles. The van der Waals surface area contributed by atoms with Crippen LogP contribution in [0.25, 0.3) is 27.6 Å². The summed E-state index contributed by atoms with van der Waals surface area (Å²) in [7, 11) is 0. The van der Waals surface area contributed by atoms with Gasteiger partial charge in [0.05, 0.1) is 40.7 Å². The monoisotopic (exact) mass is 525 g/mol. The first-order valence-electron chi connectivity index (χ1n) is 11.5. The Balaban J connectivity index is 1.46. The Kier molecular flexibility index (Phi) is 4.93. The molecular formula is C25H19F4N7O2. The number of halogens is 4. The first-order chi connectivity index (χ1) is 18.0. The van der Waals surface area contributed by atoms with E-state index < -0.39 is 35.9 Å². The number of nitrogen functional groups attached to an aromatic ring is 1. The molecule has 194 valence electrons. The Morgan fingerprint density at radius 3 is 2.68 bits per heavy atom. The number of nitrogens with one attached hydrogen (secondary N) is 1. The molecule has 0 aliphatic carbocycles. The van der Waals surface area contributed by atoms with E-state index in [1.165, 1.54) is 16.8 Å². The van der Waals surface area contributed by atoms with E-state index in [2.05, 4.69) is 15.1 Å². The number of H-pyrrole nitrogens is 1. The van der Waals surface area contributed by atoms with E-state index in [1.54, 1.807) is 43.3 Å². The summed E-state index contributed by atoms with van der Waals surface area (Å²) in [6.07, 6.45) is 1.34. The summed E-state index contributed by atoms with van der Waals surface area (Å²) in [5, 5.41) is 4.54. The number of aromatic nitrogens is 5. The number of imidazole rings is 1. The summed E-state index contributed by atoms with van der Waals surface area (Å²) in [5.74, 6) is -10.2. The highest BCUT2D eigenvalue weighted by atomic mass is 19.3. The van der Waals surface area contributed by atoms with Gasteiger partial charge in [-0.2, -0.15) is 22.7 Å². The van der Waals surface area contributed by atoms with Gasteiger partial charge in [0, 0.05) is 5.39 Å². The van der Waals surface area contributed by atoms with Crippen molar-refractivity contribution >= 4 is 45.6 Å². The zero-order valence-electron chi connectivity index (χ0n) is 19.7. The van der Waals surface area contributed by atoms with Crippen molar-refractivity contribution in [1.82, 2.24) is 24.3 Å². The minimum absolute atomic E-state index is 0.220. The zero-order valence-corrected chi connectivity index (χ0v) is 19.7. The highest BCUT2D eigenvalue weighted by molar-refractivity contribution is 6.08. The number of benzene rings is 2. The second kappa shape index (κ2) is 7.91. The number of Topliss-reactive ketones (excluding diaryl/α,β-unsaturated/α-hetero) is 1. The fourth-order valence-corrected chi connectivity index (χ4v) is 4.99. The molecule has 2 aromatic carbocycles. The summed E-state index contributed by atoms with van der Waals surface area (Å²) in [4.78, 5) is 33.2. The lowest BCUT2D eigenvalue weighted by atomic mass is 10.0. The molecule has 0 bridgehead atoms. The first-order valence-corrected chi connectivity index (χ1v) is 11.5. The molecule has 1 atom stereocenters. The molecule has 38 heavy (non-hydrogen) atoms. The van der Waals surface area contributed by atoms with Crippen LogP contribution in [-0.4, -0.2) is 60.9 Å². The van der Waals surface area contributed by atoms with Crippen molar-refractivity contribution in [2.24, 2.45) is 0 Å². The molecule has 3 aromatic heterocycles.